The first-order chi connectivity index (χ1) is 12.6. The van der Waals surface area contributed by atoms with Crippen LogP contribution in [0.5, 0.6) is 0 Å². The van der Waals surface area contributed by atoms with Gasteiger partial charge in [-0.25, -0.2) is 4.79 Å². The van der Waals surface area contributed by atoms with E-state index in [2.05, 4.69) is 24.5 Å². The van der Waals surface area contributed by atoms with E-state index in [1.807, 2.05) is 84.9 Å². The summed E-state index contributed by atoms with van der Waals surface area (Å²) in [5.74, 6) is 0.471. The van der Waals surface area contributed by atoms with Crippen molar-refractivity contribution in [3.05, 3.63) is 102 Å². The van der Waals surface area contributed by atoms with Crippen molar-refractivity contribution < 1.29 is 4.79 Å². The molecule has 3 aromatic carbocycles. The summed E-state index contributed by atoms with van der Waals surface area (Å²) < 4.78 is 0. The second-order valence-electron chi connectivity index (χ2n) is 6.63. The van der Waals surface area contributed by atoms with Crippen LogP contribution in [0.4, 0.5) is 10.5 Å². The zero-order valence-corrected chi connectivity index (χ0v) is 15.1. The minimum absolute atomic E-state index is 0.202. The molecule has 2 amide bonds. The lowest BCUT2D eigenvalue weighted by molar-refractivity contribution is 0.250. The number of rotatable bonds is 5. The first kappa shape index (κ1) is 17.7. The summed E-state index contributed by atoms with van der Waals surface area (Å²) in [5, 5.41) is 6.01. The molecule has 3 aromatic rings. The summed E-state index contributed by atoms with van der Waals surface area (Å²) in [4.78, 5) is 12.6. The Kier molecular flexibility index (Phi) is 5.69. The van der Waals surface area contributed by atoms with Gasteiger partial charge in [-0.15, -0.1) is 0 Å². The Morgan fingerprint density at radius 1 is 0.692 bits per heavy atom. The van der Waals surface area contributed by atoms with Gasteiger partial charge in [-0.05, 0) is 34.7 Å². The molecule has 0 atom stereocenters. The predicted octanol–water partition coefficient (Wildman–Crippen LogP) is 5.72. The highest BCUT2D eigenvalue weighted by Gasteiger charge is 2.16. The maximum atomic E-state index is 12.6. The topological polar surface area (TPSA) is 41.1 Å². The van der Waals surface area contributed by atoms with Gasteiger partial charge < -0.3 is 10.6 Å². The van der Waals surface area contributed by atoms with E-state index >= 15 is 0 Å². The lowest BCUT2D eigenvalue weighted by Crippen LogP contribution is -2.33. The summed E-state index contributed by atoms with van der Waals surface area (Å²) in [7, 11) is 0. The van der Waals surface area contributed by atoms with E-state index in [-0.39, 0.29) is 12.1 Å². The van der Waals surface area contributed by atoms with E-state index in [9.17, 15) is 4.79 Å². The number of carbonyl (C=O) groups excluding carboxylic acids is 1. The Balaban J connectivity index is 1.75. The highest BCUT2D eigenvalue weighted by molar-refractivity contribution is 5.89. The number of hydrogen-bond donors (Lipinski definition) is 2. The fraction of sp³-hybridized carbons (Fsp3) is 0.174. The Hall–Kier alpha value is -3.07. The lowest BCUT2D eigenvalue weighted by atomic mass is 9.99. The third-order valence-electron chi connectivity index (χ3n) is 4.38. The fourth-order valence-electron chi connectivity index (χ4n) is 2.90. The van der Waals surface area contributed by atoms with Crippen molar-refractivity contribution in [2.75, 3.05) is 5.32 Å². The van der Waals surface area contributed by atoms with E-state index < -0.39 is 0 Å². The molecular formula is C23H24N2O. The second-order valence-corrected chi connectivity index (χ2v) is 6.63. The molecule has 0 spiro atoms. The van der Waals surface area contributed by atoms with E-state index in [0.29, 0.717) is 5.92 Å². The summed E-state index contributed by atoms with van der Waals surface area (Å²) in [6.45, 7) is 4.30. The normalized spacial score (nSPS) is 10.8. The first-order valence-corrected chi connectivity index (χ1v) is 8.91. The average Bonchev–Trinajstić information content (AvgIpc) is 2.68. The van der Waals surface area contributed by atoms with E-state index in [1.54, 1.807) is 0 Å². The summed E-state index contributed by atoms with van der Waals surface area (Å²) in [5.41, 5.74) is 4.13. The lowest BCUT2D eigenvalue weighted by Gasteiger charge is -2.20. The zero-order valence-electron chi connectivity index (χ0n) is 15.1. The fourth-order valence-corrected chi connectivity index (χ4v) is 2.90. The molecule has 3 heteroatoms. The van der Waals surface area contributed by atoms with Crippen molar-refractivity contribution in [1.82, 2.24) is 5.32 Å². The van der Waals surface area contributed by atoms with Gasteiger partial charge in [0.15, 0.2) is 0 Å². The largest absolute Gasteiger partial charge is 0.327 e. The number of anilines is 1. The van der Waals surface area contributed by atoms with Crippen molar-refractivity contribution in [2.45, 2.75) is 25.8 Å². The van der Waals surface area contributed by atoms with E-state index in [1.165, 1.54) is 5.56 Å². The van der Waals surface area contributed by atoms with Gasteiger partial charge in [0.05, 0.1) is 6.04 Å². The molecule has 132 valence electrons. The van der Waals surface area contributed by atoms with Crippen LogP contribution in [-0.2, 0) is 0 Å². The number of urea groups is 1. The van der Waals surface area contributed by atoms with E-state index in [4.69, 9.17) is 0 Å². The Morgan fingerprint density at radius 2 is 1.19 bits per heavy atom. The van der Waals surface area contributed by atoms with Crippen molar-refractivity contribution in [2.24, 2.45) is 0 Å². The van der Waals surface area contributed by atoms with Crippen LogP contribution in [0.15, 0.2) is 84.9 Å². The molecule has 26 heavy (non-hydrogen) atoms. The van der Waals surface area contributed by atoms with Crippen molar-refractivity contribution in [3.63, 3.8) is 0 Å². The number of benzene rings is 3. The smallest absolute Gasteiger partial charge is 0.319 e. The molecular weight excluding hydrogens is 320 g/mol. The van der Waals surface area contributed by atoms with Crippen LogP contribution >= 0.6 is 0 Å². The van der Waals surface area contributed by atoms with Gasteiger partial charge in [0.25, 0.3) is 0 Å². The maximum Gasteiger partial charge on any atom is 0.319 e. The second kappa shape index (κ2) is 8.34. The average molecular weight is 344 g/mol. The standard InChI is InChI=1S/C23H24N2O/c1-17(2)18-13-15-21(16-14-18)24-23(26)25-22(19-9-5-3-6-10-19)20-11-7-4-8-12-20/h3-17,22H,1-2H3,(H2,24,25,26). The third kappa shape index (κ3) is 4.51. The van der Waals surface area contributed by atoms with Crippen LogP contribution < -0.4 is 10.6 Å². The molecule has 3 nitrogen and oxygen atoms in total. The highest BCUT2D eigenvalue weighted by Crippen LogP contribution is 2.22. The quantitative estimate of drug-likeness (QED) is 0.610. The van der Waals surface area contributed by atoms with E-state index in [0.717, 1.165) is 16.8 Å². The molecule has 0 aliphatic carbocycles. The molecule has 0 heterocycles. The van der Waals surface area contributed by atoms with Crippen LogP contribution in [0.1, 0.15) is 42.5 Å². The van der Waals surface area contributed by atoms with Crippen molar-refractivity contribution in [1.29, 1.82) is 0 Å². The van der Waals surface area contributed by atoms with Crippen LogP contribution in [0.25, 0.3) is 0 Å². The minimum atomic E-state index is -0.222. The molecule has 0 unspecified atom stereocenters. The van der Waals surface area contributed by atoms with Gasteiger partial charge in [0.1, 0.15) is 0 Å². The van der Waals surface area contributed by atoms with Gasteiger partial charge in [-0.2, -0.15) is 0 Å². The van der Waals surface area contributed by atoms with Gasteiger partial charge in [0.2, 0.25) is 0 Å². The van der Waals surface area contributed by atoms with Crippen LogP contribution in [0, 0.1) is 0 Å². The highest BCUT2D eigenvalue weighted by atomic mass is 16.2. The molecule has 0 bridgehead atoms. The molecule has 0 radical (unpaired) electrons. The Morgan fingerprint density at radius 3 is 1.65 bits per heavy atom. The first-order valence-electron chi connectivity index (χ1n) is 8.91. The number of nitrogens with one attached hydrogen (secondary N) is 2. The molecule has 2 N–H and O–H groups in total. The van der Waals surface area contributed by atoms with Gasteiger partial charge >= 0.3 is 6.03 Å². The monoisotopic (exact) mass is 344 g/mol. The molecule has 0 saturated heterocycles. The van der Waals surface area contributed by atoms with Crippen molar-refractivity contribution in [3.8, 4) is 0 Å². The SMILES string of the molecule is CC(C)c1ccc(NC(=O)NC(c2ccccc2)c2ccccc2)cc1. The Labute approximate surface area is 155 Å². The minimum Gasteiger partial charge on any atom is -0.327 e. The number of hydrogen-bond acceptors (Lipinski definition) is 1. The van der Waals surface area contributed by atoms with Crippen molar-refractivity contribution >= 4 is 11.7 Å². The molecule has 0 saturated carbocycles. The van der Waals surface area contributed by atoms with Crippen LogP contribution in [0.3, 0.4) is 0 Å². The summed E-state index contributed by atoms with van der Waals surface area (Å²) in [6, 6.07) is 27.5. The number of carbonyl (C=O) groups is 1. The van der Waals surface area contributed by atoms with Crippen LogP contribution in [-0.4, -0.2) is 6.03 Å². The summed E-state index contributed by atoms with van der Waals surface area (Å²) >= 11 is 0. The molecule has 0 aliphatic heterocycles. The predicted molar refractivity (Wildman–Crippen MR) is 107 cm³/mol. The molecule has 0 aromatic heterocycles. The molecule has 3 rings (SSSR count). The number of amides is 2. The third-order valence-corrected chi connectivity index (χ3v) is 4.38. The molecule has 0 aliphatic rings. The van der Waals surface area contributed by atoms with Gasteiger partial charge in [0, 0.05) is 5.69 Å². The zero-order chi connectivity index (χ0) is 18.4. The van der Waals surface area contributed by atoms with Crippen LogP contribution in [0.2, 0.25) is 0 Å². The Bertz CT molecular complexity index is 788. The van der Waals surface area contributed by atoms with Gasteiger partial charge in [-0.1, -0.05) is 86.6 Å². The maximum absolute atomic E-state index is 12.6. The summed E-state index contributed by atoms with van der Waals surface area (Å²) in [6.07, 6.45) is 0. The van der Waals surface area contributed by atoms with Gasteiger partial charge in [-0.3, -0.25) is 0 Å². The molecule has 0 fully saturated rings.